The third-order valence-electron chi connectivity index (χ3n) is 11.1. The molecule has 14 nitrogen and oxygen atoms in total. The van der Waals surface area contributed by atoms with Gasteiger partial charge in [-0.3, -0.25) is 9.59 Å². The number of carbonyl (C=O) groups excluding carboxylic acids is 3. The lowest BCUT2D eigenvalue weighted by atomic mass is 10.0. The second-order valence-corrected chi connectivity index (χ2v) is 14.9. The van der Waals surface area contributed by atoms with Gasteiger partial charge in [-0.05, 0) is 73.1 Å². The average molecular weight is 737 g/mol. The number of ether oxygens (including phenoxy) is 1. The zero-order chi connectivity index (χ0) is 37.9. The number of aromatic nitrogens is 4. The first-order valence-electron chi connectivity index (χ1n) is 18.9. The van der Waals surface area contributed by atoms with Crippen molar-refractivity contribution in [3.05, 3.63) is 72.6 Å². The topological polar surface area (TPSA) is 186 Å². The van der Waals surface area contributed by atoms with E-state index in [4.69, 9.17) is 9.72 Å². The number of imidazole rings is 2. The van der Waals surface area contributed by atoms with Crippen LogP contribution in [0.1, 0.15) is 82.5 Å². The predicted molar refractivity (Wildman–Crippen MR) is 201 cm³/mol. The molecule has 4 heterocycles. The molecule has 0 radical (unpaired) electrons. The largest absolute Gasteiger partial charge is 0.465 e. The van der Waals surface area contributed by atoms with E-state index in [0.29, 0.717) is 25.3 Å². The number of hydrogen-bond acceptors (Lipinski definition) is 7. The molecule has 3 fully saturated rings. The Bertz CT molecular complexity index is 1970. The minimum Gasteiger partial charge on any atom is -0.465 e. The predicted octanol–water partition coefficient (Wildman–Crippen LogP) is 6.28. The van der Waals surface area contributed by atoms with Crippen LogP contribution in [0.2, 0.25) is 0 Å². The Morgan fingerprint density at radius 2 is 1.30 bits per heavy atom. The van der Waals surface area contributed by atoms with Gasteiger partial charge in [-0.2, -0.15) is 0 Å². The number of nitrogens with zero attached hydrogens (tertiary/aromatic N) is 4. The lowest BCUT2D eigenvalue weighted by molar-refractivity contribution is -0.136. The quantitative estimate of drug-likeness (QED) is 0.126. The van der Waals surface area contributed by atoms with Crippen LogP contribution < -0.4 is 10.6 Å². The number of aromatic amines is 2. The first-order chi connectivity index (χ1) is 26.1. The highest BCUT2D eigenvalue weighted by atomic mass is 16.5. The highest BCUT2D eigenvalue weighted by molar-refractivity contribution is 5.86. The third kappa shape index (κ3) is 7.68. The molecular weight excluding hydrogens is 688 g/mol. The highest BCUT2D eigenvalue weighted by Gasteiger charge is 2.40. The number of alkyl carbamates (subject to hydrolysis) is 1. The number of H-pyrrole nitrogens is 2. The number of methoxy groups -OCH3 is 1. The smallest absolute Gasteiger partial charge is 0.407 e. The molecule has 3 aliphatic rings. The molecule has 2 aliphatic heterocycles. The SMILES string of the molecule is COC(=O)N[C@@H]1CC[C@H](C(=O)N2CCC[C@H]2c2ncc(-c3ccc(-c4ccc(-c5cnc([C@@H]6CCCN6C(=O)[C@@H](NC(=O)O)C(C)C)[nH]5)cc4)cc3)[nH]2)C1. The van der Waals surface area contributed by atoms with Crippen LogP contribution in [0.4, 0.5) is 9.59 Å². The minimum absolute atomic E-state index is 0.0445. The molecule has 4 aromatic rings. The lowest BCUT2D eigenvalue weighted by Crippen LogP contribution is -2.50. The number of likely N-dealkylation sites (tertiary alicyclic amines) is 2. The Balaban J connectivity index is 0.978. The van der Waals surface area contributed by atoms with E-state index >= 15 is 0 Å². The van der Waals surface area contributed by atoms with Crippen LogP contribution >= 0.6 is 0 Å². The van der Waals surface area contributed by atoms with Gasteiger partial charge >= 0.3 is 12.2 Å². The number of carboxylic acid groups (broad SMARTS) is 1. The standard InChI is InChI=1S/C40H48N8O6/c1-23(2)34(46-39(51)52)38(50)48-19-5-7-33(48)36-42-22-31(45-36)27-14-10-25(11-15-27)24-8-12-26(13-9-24)30-21-41-35(44-30)32-6-4-18-47(32)37(49)28-16-17-29(20-28)43-40(53)54-3/h8-15,21-23,28-29,32-34,46H,4-7,16-20H2,1-3H3,(H,41,44)(H,42,45)(H,43,53)(H,51,52)/t28-,29+,32-,33-,34-/m0/s1. The van der Waals surface area contributed by atoms with E-state index < -0.39 is 18.2 Å². The van der Waals surface area contributed by atoms with E-state index in [1.165, 1.54) is 7.11 Å². The number of carbonyl (C=O) groups is 4. The molecule has 2 aromatic heterocycles. The summed E-state index contributed by atoms with van der Waals surface area (Å²) < 4.78 is 4.73. The van der Waals surface area contributed by atoms with Crippen molar-refractivity contribution >= 4 is 24.0 Å². The Morgan fingerprint density at radius 3 is 1.81 bits per heavy atom. The molecule has 0 unspecified atom stereocenters. The summed E-state index contributed by atoms with van der Waals surface area (Å²) in [4.78, 5) is 69.8. The average Bonchev–Trinajstić information content (AvgIpc) is 4.03. The molecule has 54 heavy (non-hydrogen) atoms. The Morgan fingerprint density at radius 1 is 0.778 bits per heavy atom. The number of hydrogen-bond donors (Lipinski definition) is 5. The number of benzene rings is 2. The fourth-order valence-corrected chi connectivity index (χ4v) is 8.24. The molecule has 5 atom stereocenters. The molecule has 5 N–H and O–H groups in total. The van der Waals surface area contributed by atoms with E-state index in [1.807, 2.05) is 37.1 Å². The van der Waals surface area contributed by atoms with Crippen molar-refractivity contribution in [2.45, 2.75) is 83.0 Å². The van der Waals surface area contributed by atoms with Gasteiger partial charge < -0.3 is 40.2 Å². The van der Waals surface area contributed by atoms with Crippen LogP contribution in [-0.4, -0.2) is 91.1 Å². The maximum absolute atomic E-state index is 13.5. The van der Waals surface area contributed by atoms with E-state index in [9.17, 15) is 24.3 Å². The Kier molecular flexibility index (Phi) is 10.7. The van der Waals surface area contributed by atoms with Crippen molar-refractivity contribution in [1.29, 1.82) is 0 Å². The molecule has 7 rings (SSSR count). The summed E-state index contributed by atoms with van der Waals surface area (Å²) >= 11 is 0. The number of rotatable bonds is 10. The van der Waals surface area contributed by atoms with Gasteiger partial charge in [0.05, 0.1) is 43.0 Å². The van der Waals surface area contributed by atoms with Gasteiger partial charge in [0, 0.05) is 25.0 Å². The van der Waals surface area contributed by atoms with Gasteiger partial charge in [-0.15, -0.1) is 0 Å². The van der Waals surface area contributed by atoms with Crippen molar-refractivity contribution in [3.8, 4) is 33.6 Å². The fraction of sp³-hybridized carbons (Fsp3) is 0.450. The molecule has 4 amide bonds. The van der Waals surface area contributed by atoms with Gasteiger partial charge in [0.1, 0.15) is 17.7 Å². The van der Waals surface area contributed by atoms with Gasteiger partial charge in [0.15, 0.2) is 0 Å². The summed E-state index contributed by atoms with van der Waals surface area (Å²) in [5.41, 5.74) is 5.83. The summed E-state index contributed by atoms with van der Waals surface area (Å²) in [5, 5.41) is 14.5. The normalized spacial score (nSPS) is 21.7. The second kappa shape index (κ2) is 15.7. The van der Waals surface area contributed by atoms with Crippen LogP contribution in [0.15, 0.2) is 60.9 Å². The van der Waals surface area contributed by atoms with Crippen molar-refractivity contribution in [2.24, 2.45) is 11.8 Å². The zero-order valence-corrected chi connectivity index (χ0v) is 30.9. The molecule has 14 heteroatoms. The Hall–Kier alpha value is -5.66. The number of amides is 4. The fourth-order valence-electron chi connectivity index (χ4n) is 8.24. The molecular formula is C40H48N8O6. The summed E-state index contributed by atoms with van der Waals surface area (Å²) in [5.74, 6) is 1.09. The van der Waals surface area contributed by atoms with Crippen LogP contribution in [0, 0.1) is 11.8 Å². The summed E-state index contributed by atoms with van der Waals surface area (Å²) in [6.45, 7) is 4.92. The number of nitrogens with one attached hydrogen (secondary N) is 4. The van der Waals surface area contributed by atoms with E-state index in [0.717, 1.165) is 78.0 Å². The molecule has 1 aliphatic carbocycles. The van der Waals surface area contributed by atoms with Crippen molar-refractivity contribution < 1.29 is 29.0 Å². The van der Waals surface area contributed by atoms with E-state index in [-0.39, 0.29) is 41.8 Å². The molecule has 0 bridgehead atoms. The minimum atomic E-state index is -1.21. The second-order valence-electron chi connectivity index (χ2n) is 14.9. The van der Waals surface area contributed by atoms with Crippen molar-refractivity contribution in [1.82, 2.24) is 40.4 Å². The molecule has 284 valence electrons. The van der Waals surface area contributed by atoms with Crippen LogP contribution in [-0.2, 0) is 14.3 Å². The van der Waals surface area contributed by atoms with Crippen LogP contribution in [0.3, 0.4) is 0 Å². The molecule has 1 saturated carbocycles. The maximum Gasteiger partial charge on any atom is 0.407 e. The first kappa shape index (κ1) is 36.7. The summed E-state index contributed by atoms with van der Waals surface area (Å²) in [6, 6.07) is 15.3. The van der Waals surface area contributed by atoms with Gasteiger partial charge in [0.2, 0.25) is 11.8 Å². The maximum atomic E-state index is 13.5. The van der Waals surface area contributed by atoms with E-state index in [1.54, 1.807) is 11.1 Å². The van der Waals surface area contributed by atoms with Gasteiger partial charge in [-0.1, -0.05) is 62.4 Å². The van der Waals surface area contributed by atoms with Crippen LogP contribution in [0.5, 0.6) is 0 Å². The van der Waals surface area contributed by atoms with Crippen LogP contribution in [0.25, 0.3) is 33.6 Å². The molecule has 2 saturated heterocycles. The highest BCUT2D eigenvalue weighted by Crippen LogP contribution is 2.37. The van der Waals surface area contributed by atoms with Crippen molar-refractivity contribution in [2.75, 3.05) is 20.2 Å². The van der Waals surface area contributed by atoms with Gasteiger partial charge in [0.25, 0.3) is 0 Å². The van der Waals surface area contributed by atoms with E-state index in [2.05, 4.69) is 62.0 Å². The summed E-state index contributed by atoms with van der Waals surface area (Å²) in [7, 11) is 1.35. The molecule has 0 spiro atoms. The Labute approximate surface area is 314 Å². The lowest BCUT2D eigenvalue weighted by Gasteiger charge is -2.29. The third-order valence-corrected chi connectivity index (χ3v) is 11.1. The zero-order valence-electron chi connectivity index (χ0n) is 30.9. The van der Waals surface area contributed by atoms with Gasteiger partial charge in [-0.25, -0.2) is 19.6 Å². The molecule has 2 aromatic carbocycles. The summed E-state index contributed by atoms with van der Waals surface area (Å²) in [6.07, 6.45) is 7.44. The first-order valence-corrected chi connectivity index (χ1v) is 18.9. The monoisotopic (exact) mass is 736 g/mol. The van der Waals surface area contributed by atoms with Crippen molar-refractivity contribution in [3.63, 3.8) is 0 Å².